The molecule has 4 fully saturated rings. The molecule has 4 atom stereocenters. The zero-order valence-corrected chi connectivity index (χ0v) is 26.0. The van der Waals surface area contributed by atoms with Crippen molar-refractivity contribution in [2.45, 2.75) is 43.3 Å². The molecule has 4 aliphatic rings. The lowest BCUT2D eigenvalue weighted by Crippen LogP contribution is -2.56. The van der Waals surface area contributed by atoms with Crippen molar-refractivity contribution in [3.63, 3.8) is 0 Å². The van der Waals surface area contributed by atoms with Crippen LogP contribution in [0.4, 0.5) is 21.7 Å². The molecule has 1 amide bonds. The molecular formula is C33H38FN9O4. The van der Waals surface area contributed by atoms with E-state index in [4.69, 9.17) is 9.47 Å². The van der Waals surface area contributed by atoms with Crippen LogP contribution in [0.5, 0.6) is 5.75 Å². The molecule has 1 unspecified atom stereocenters. The number of hydrogen-bond donors (Lipinski definition) is 3. The number of halogens is 1. The smallest absolute Gasteiger partial charge is 0.239 e. The Labute approximate surface area is 272 Å². The monoisotopic (exact) mass is 643 g/mol. The number of likely N-dealkylation sites (tertiary alicyclic amines) is 1. The second kappa shape index (κ2) is 13.7. The van der Waals surface area contributed by atoms with E-state index < -0.39 is 24.4 Å². The van der Waals surface area contributed by atoms with Crippen LogP contribution < -0.4 is 20.3 Å². The summed E-state index contributed by atoms with van der Waals surface area (Å²) >= 11 is 0. The maximum absolute atomic E-state index is 15.2. The molecule has 4 saturated heterocycles. The molecule has 5 heterocycles. The summed E-state index contributed by atoms with van der Waals surface area (Å²) < 4.78 is 26.5. The maximum Gasteiger partial charge on any atom is 0.239 e. The fourth-order valence-corrected chi connectivity index (χ4v) is 6.52. The van der Waals surface area contributed by atoms with E-state index in [1.807, 2.05) is 12.1 Å². The van der Waals surface area contributed by atoms with E-state index >= 15 is 4.39 Å². The van der Waals surface area contributed by atoms with Crippen LogP contribution in [0.25, 0.3) is 11.4 Å². The molecule has 14 heteroatoms. The van der Waals surface area contributed by atoms with E-state index in [1.54, 1.807) is 18.2 Å². The van der Waals surface area contributed by atoms with Crippen molar-refractivity contribution in [3.05, 3.63) is 54.4 Å². The number of β-amino-alcohol motifs (C(OH)–C–C–N with tert-alkyl or cyclic N) is 1. The SMILES string of the molecule is N#Cc1cc(-c2ncnc(Nc3ccc(N4CCN(C5COC5)CC4)cc3)n2)ccc1O[C@H]1CCN(C(=O)C2C[C@@H](O)CN2)C[C@H]1F. The molecule has 3 N–H and O–H groups in total. The van der Waals surface area contributed by atoms with Crippen LogP contribution in [0.2, 0.25) is 0 Å². The molecule has 0 aliphatic carbocycles. The molecule has 47 heavy (non-hydrogen) atoms. The summed E-state index contributed by atoms with van der Waals surface area (Å²) in [4.78, 5) is 32.2. The predicted molar refractivity (Wildman–Crippen MR) is 171 cm³/mol. The number of carbonyl (C=O) groups excluding carboxylic acids is 1. The van der Waals surface area contributed by atoms with Crippen LogP contribution in [0.1, 0.15) is 18.4 Å². The van der Waals surface area contributed by atoms with Crippen molar-refractivity contribution in [1.82, 2.24) is 30.1 Å². The summed E-state index contributed by atoms with van der Waals surface area (Å²) in [7, 11) is 0. The van der Waals surface area contributed by atoms with Gasteiger partial charge in [0.2, 0.25) is 11.9 Å². The summed E-state index contributed by atoms with van der Waals surface area (Å²) in [5.41, 5.74) is 2.82. The number of amides is 1. The van der Waals surface area contributed by atoms with Gasteiger partial charge in [0.05, 0.1) is 43.5 Å². The summed E-state index contributed by atoms with van der Waals surface area (Å²) in [6.07, 6.45) is -0.774. The molecule has 4 aliphatic heterocycles. The second-order valence-corrected chi connectivity index (χ2v) is 12.4. The Morgan fingerprint density at radius 1 is 1.11 bits per heavy atom. The average Bonchev–Trinajstić information content (AvgIpc) is 3.51. The highest BCUT2D eigenvalue weighted by atomic mass is 19.1. The lowest BCUT2D eigenvalue weighted by atomic mass is 10.0. The first-order valence-electron chi connectivity index (χ1n) is 16.1. The third-order valence-electron chi connectivity index (χ3n) is 9.35. The minimum atomic E-state index is -1.42. The van der Waals surface area contributed by atoms with E-state index in [-0.39, 0.29) is 30.2 Å². The van der Waals surface area contributed by atoms with Gasteiger partial charge in [-0.1, -0.05) is 0 Å². The van der Waals surface area contributed by atoms with Crippen molar-refractivity contribution in [2.75, 3.05) is 69.2 Å². The zero-order chi connectivity index (χ0) is 32.3. The topological polar surface area (TPSA) is 152 Å². The molecular weight excluding hydrogens is 605 g/mol. The van der Waals surface area contributed by atoms with Crippen LogP contribution in [0, 0.1) is 11.3 Å². The van der Waals surface area contributed by atoms with Crippen LogP contribution in [-0.4, -0.2) is 125 Å². The van der Waals surface area contributed by atoms with Crippen LogP contribution in [0.15, 0.2) is 48.8 Å². The Balaban J connectivity index is 0.955. The van der Waals surface area contributed by atoms with Gasteiger partial charge < -0.3 is 35.0 Å². The number of piperidine rings is 1. The number of nitrogens with zero attached hydrogens (tertiary/aromatic N) is 7. The fourth-order valence-electron chi connectivity index (χ4n) is 6.52. The third kappa shape index (κ3) is 6.98. The Kier molecular flexibility index (Phi) is 9.12. The Morgan fingerprint density at radius 3 is 2.60 bits per heavy atom. The lowest BCUT2D eigenvalue weighted by molar-refractivity contribution is -0.137. The minimum absolute atomic E-state index is 0.103. The molecule has 1 aromatic heterocycles. The summed E-state index contributed by atoms with van der Waals surface area (Å²) in [5, 5.41) is 25.8. The van der Waals surface area contributed by atoms with Crippen LogP contribution in [-0.2, 0) is 9.53 Å². The molecule has 13 nitrogen and oxygen atoms in total. The lowest BCUT2D eigenvalue weighted by Gasteiger charge is -2.43. The number of hydrogen-bond acceptors (Lipinski definition) is 12. The zero-order valence-electron chi connectivity index (χ0n) is 26.0. The van der Waals surface area contributed by atoms with Gasteiger partial charge in [0.15, 0.2) is 12.0 Å². The number of nitriles is 1. The number of alkyl halides is 1. The van der Waals surface area contributed by atoms with Crippen molar-refractivity contribution < 1.29 is 23.8 Å². The second-order valence-electron chi connectivity index (χ2n) is 12.4. The van der Waals surface area contributed by atoms with Gasteiger partial charge in [-0.05, 0) is 48.9 Å². The summed E-state index contributed by atoms with van der Waals surface area (Å²) in [6, 6.07) is 15.4. The molecule has 0 saturated carbocycles. The van der Waals surface area contributed by atoms with Crippen molar-refractivity contribution in [3.8, 4) is 23.2 Å². The number of aliphatic hydroxyl groups excluding tert-OH is 1. The van der Waals surface area contributed by atoms with E-state index in [1.165, 1.54) is 16.9 Å². The number of benzene rings is 2. The molecule has 7 rings (SSSR count). The largest absolute Gasteiger partial charge is 0.486 e. The quantitative estimate of drug-likeness (QED) is 0.328. The highest BCUT2D eigenvalue weighted by Gasteiger charge is 2.38. The number of aromatic nitrogens is 3. The molecule has 0 spiro atoms. The van der Waals surface area contributed by atoms with Gasteiger partial charge in [0.1, 0.15) is 24.3 Å². The molecule has 246 valence electrons. The summed E-state index contributed by atoms with van der Waals surface area (Å²) in [5.74, 6) is 0.784. The van der Waals surface area contributed by atoms with Gasteiger partial charge in [-0.3, -0.25) is 9.69 Å². The maximum atomic E-state index is 15.2. The van der Waals surface area contributed by atoms with Crippen molar-refractivity contribution >= 4 is 23.2 Å². The van der Waals surface area contributed by atoms with E-state index in [2.05, 4.69) is 53.6 Å². The molecule has 0 radical (unpaired) electrons. The Morgan fingerprint density at radius 2 is 1.91 bits per heavy atom. The van der Waals surface area contributed by atoms with E-state index in [9.17, 15) is 15.2 Å². The average molecular weight is 644 g/mol. The van der Waals surface area contributed by atoms with Crippen LogP contribution >= 0.6 is 0 Å². The normalized spacial score (nSPS) is 25.2. The first-order chi connectivity index (χ1) is 22.9. The highest BCUT2D eigenvalue weighted by Crippen LogP contribution is 2.29. The number of aliphatic hydroxyl groups is 1. The van der Waals surface area contributed by atoms with Gasteiger partial charge in [-0.2, -0.15) is 10.2 Å². The minimum Gasteiger partial charge on any atom is -0.486 e. The number of carbonyl (C=O) groups is 1. The highest BCUT2D eigenvalue weighted by molar-refractivity contribution is 5.82. The van der Waals surface area contributed by atoms with Crippen molar-refractivity contribution in [2.24, 2.45) is 0 Å². The van der Waals surface area contributed by atoms with Gasteiger partial charge in [0.25, 0.3) is 0 Å². The van der Waals surface area contributed by atoms with Crippen molar-refractivity contribution in [1.29, 1.82) is 5.26 Å². The third-order valence-corrected chi connectivity index (χ3v) is 9.35. The molecule has 2 aromatic carbocycles. The predicted octanol–water partition coefficient (Wildman–Crippen LogP) is 1.72. The van der Waals surface area contributed by atoms with Gasteiger partial charge in [-0.15, -0.1) is 0 Å². The Hall–Kier alpha value is -4.42. The van der Waals surface area contributed by atoms with E-state index in [0.29, 0.717) is 42.9 Å². The van der Waals surface area contributed by atoms with Gasteiger partial charge in [0, 0.05) is 62.6 Å². The summed E-state index contributed by atoms with van der Waals surface area (Å²) in [6.45, 7) is 6.30. The van der Waals surface area contributed by atoms with Gasteiger partial charge in [-0.25, -0.2) is 14.4 Å². The number of anilines is 3. The number of piperazine rings is 1. The number of nitrogens with one attached hydrogen (secondary N) is 2. The standard InChI is InChI=1S/C33H38FN9O4/c34-27-17-43(32(45)28-14-26(44)16-36-28)8-7-30(27)47-29-6-1-21(13-22(29)15-35)31-37-20-38-33(40-31)39-23-2-4-24(5-3-23)41-9-11-42(12-10-41)25-18-46-19-25/h1-6,13,20,25-28,30,36,44H,7-12,14,16-19H2,(H,37,38,39,40)/t26-,27-,28?,30+/m1/s1. The number of rotatable bonds is 8. The fraction of sp³-hybridized carbons (Fsp3) is 0.485. The number of ether oxygens (including phenoxy) is 2. The van der Waals surface area contributed by atoms with E-state index in [0.717, 1.165) is 45.1 Å². The molecule has 3 aromatic rings. The molecule has 0 bridgehead atoms. The first kappa shape index (κ1) is 31.2. The van der Waals surface area contributed by atoms with Crippen LogP contribution in [0.3, 0.4) is 0 Å². The van der Waals surface area contributed by atoms with Gasteiger partial charge >= 0.3 is 0 Å². The Bertz CT molecular complexity index is 1610. The first-order valence-corrected chi connectivity index (χ1v) is 16.1.